The van der Waals surface area contributed by atoms with Gasteiger partial charge in [-0.15, -0.1) is 0 Å². The molecule has 98 valence electrons. The summed E-state index contributed by atoms with van der Waals surface area (Å²) in [6.07, 6.45) is 3.55. The first-order valence-corrected chi connectivity index (χ1v) is 6.57. The van der Waals surface area contributed by atoms with Gasteiger partial charge in [0.1, 0.15) is 0 Å². The average molecular weight is 268 g/mol. The minimum atomic E-state index is -0.954. The molecule has 0 spiro atoms. The molecule has 1 fully saturated rings. The fraction of sp³-hybridized carbons (Fsp3) is 0.500. The van der Waals surface area contributed by atoms with Gasteiger partial charge >= 0.3 is 5.97 Å². The summed E-state index contributed by atoms with van der Waals surface area (Å²) in [5.74, 6) is -0.954. The lowest BCUT2D eigenvalue weighted by Crippen LogP contribution is -2.30. The molecule has 0 saturated heterocycles. The molecular formula is C14H18ClNO2. The van der Waals surface area contributed by atoms with Crippen LogP contribution in [0, 0.1) is 5.41 Å². The van der Waals surface area contributed by atoms with E-state index in [4.69, 9.17) is 16.7 Å². The van der Waals surface area contributed by atoms with Crippen molar-refractivity contribution in [1.29, 1.82) is 0 Å². The highest BCUT2D eigenvalue weighted by molar-refractivity contribution is 6.33. The molecule has 1 saturated carbocycles. The van der Waals surface area contributed by atoms with Crippen LogP contribution in [0.4, 0.5) is 5.69 Å². The second-order valence-corrected chi connectivity index (χ2v) is 5.98. The molecule has 4 heteroatoms. The molecule has 0 heterocycles. The maximum absolute atomic E-state index is 10.8. The second-order valence-electron chi connectivity index (χ2n) is 5.58. The summed E-state index contributed by atoms with van der Waals surface area (Å²) in [5.41, 5.74) is 1.30. The summed E-state index contributed by atoms with van der Waals surface area (Å²) in [7, 11) is 0. The number of carboxylic acid groups (broad SMARTS) is 1. The van der Waals surface area contributed by atoms with Crippen molar-refractivity contribution in [3.05, 3.63) is 28.8 Å². The molecule has 2 rings (SSSR count). The Morgan fingerprint density at radius 3 is 2.72 bits per heavy atom. The van der Waals surface area contributed by atoms with Gasteiger partial charge in [0.25, 0.3) is 0 Å². The first kappa shape index (κ1) is 13.2. The van der Waals surface area contributed by atoms with Crippen LogP contribution in [0.2, 0.25) is 5.02 Å². The van der Waals surface area contributed by atoms with Crippen LogP contribution >= 0.6 is 11.6 Å². The van der Waals surface area contributed by atoms with Gasteiger partial charge in [-0.25, -0.2) is 4.79 Å². The lowest BCUT2D eigenvalue weighted by molar-refractivity contribution is 0.0697. The van der Waals surface area contributed by atoms with E-state index in [1.54, 1.807) is 12.1 Å². The number of anilines is 1. The van der Waals surface area contributed by atoms with Crippen molar-refractivity contribution in [3.8, 4) is 0 Å². The Morgan fingerprint density at radius 2 is 2.22 bits per heavy atom. The molecule has 1 aromatic rings. The summed E-state index contributed by atoms with van der Waals surface area (Å²) in [5, 5.41) is 12.8. The van der Waals surface area contributed by atoms with Crippen molar-refractivity contribution in [2.75, 3.05) is 5.32 Å². The number of rotatable bonds is 3. The van der Waals surface area contributed by atoms with E-state index in [0.717, 1.165) is 12.1 Å². The number of carboxylic acids is 1. The molecule has 3 nitrogen and oxygen atoms in total. The van der Waals surface area contributed by atoms with Gasteiger partial charge in [0.2, 0.25) is 0 Å². The van der Waals surface area contributed by atoms with E-state index in [9.17, 15) is 4.79 Å². The predicted octanol–water partition coefficient (Wildman–Crippen LogP) is 4.03. The zero-order valence-electron chi connectivity index (χ0n) is 10.7. The molecule has 1 atom stereocenters. The number of carbonyl (C=O) groups is 1. The van der Waals surface area contributed by atoms with Gasteiger partial charge in [-0.05, 0) is 36.5 Å². The Kier molecular flexibility index (Phi) is 3.53. The lowest BCUT2D eigenvalue weighted by atomic mass is 9.87. The van der Waals surface area contributed by atoms with Crippen LogP contribution in [0.5, 0.6) is 0 Å². The Balaban J connectivity index is 2.17. The number of nitrogens with one attached hydrogen (secondary N) is 1. The molecule has 1 aliphatic rings. The smallest absolute Gasteiger partial charge is 0.335 e. The first-order valence-electron chi connectivity index (χ1n) is 6.19. The van der Waals surface area contributed by atoms with E-state index in [2.05, 4.69) is 19.2 Å². The maximum atomic E-state index is 10.8. The average Bonchev–Trinajstić information content (AvgIpc) is 2.61. The molecule has 0 bridgehead atoms. The van der Waals surface area contributed by atoms with Crippen LogP contribution in [-0.2, 0) is 0 Å². The number of hydrogen-bond acceptors (Lipinski definition) is 2. The van der Waals surface area contributed by atoms with Crippen LogP contribution in [0.15, 0.2) is 18.2 Å². The van der Waals surface area contributed by atoms with Crippen molar-refractivity contribution >= 4 is 23.3 Å². The normalized spacial score (nSPS) is 21.8. The molecule has 0 aliphatic heterocycles. The number of benzene rings is 1. The summed E-state index contributed by atoms with van der Waals surface area (Å²) >= 11 is 6.12. The number of aromatic carboxylic acids is 1. The fourth-order valence-corrected chi connectivity index (χ4v) is 2.78. The Hall–Kier alpha value is -1.22. The van der Waals surface area contributed by atoms with Gasteiger partial charge in [0.05, 0.1) is 16.3 Å². The molecule has 0 radical (unpaired) electrons. The van der Waals surface area contributed by atoms with Crippen LogP contribution in [0.3, 0.4) is 0 Å². The van der Waals surface area contributed by atoms with Crippen molar-refractivity contribution in [2.24, 2.45) is 5.41 Å². The van der Waals surface area contributed by atoms with Crippen LogP contribution in [-0.4, -0.2) is 17.1 Å². The molecule has 1 aliphatic carbocycles. The summed E-state index contributed by atoms with van der Waals surface area (Å²) in [6, 6.07) is 5.22. The van der Waals surface area contributed by atoms with Gasteiger partial charge in [0, 0.05) is 6.04 Å². The van der Waals surface area contributed by atoms with Crippen LogP contribution in [0.25, 0.3) is 0 Å². The number of hydrogen-bond donors (Lipinski definition) is 2. The molecule has 0 aromatic heterocycles. The van der Waals surface area contributed by atoms with Crippen molar-refractivity contribution in [1.82, 2.24) is 0 Å². The van der Waals surface area contributed by atoms with Crippen molar-refractivity contribution in [2.45, 2.75) is 39.2 Å². The second kappa shape index (κ2) is 4.81. The van der Waals surface area contributed by atoms with E-state index in [-0.39, 0.29) is 11.0 Å². The van der Waals surface area contributed by atoms with Gasteiger partial charge in [0.15, 0.2) is 0 Å². The van der Waals surface area contributed by atoms with Gasteiger partial charge in [-0.2, -0.15) is 0 Å². The fourth-order valence-electron chi connectivity index (χ4n) is 2.55. The largest absolute Gasteiger partial charge is 0.478 e. The minimum absolute atomic E-state index is 0.219. The standard InChI is InChI=1S/C14H18ClNO2/c1-14(2)7-3-4-12(14)16-11-6-5-9(13(17)18)8-10(11)15/h5-6,8,12,16H,3-4,7H2,1-2H3,(H,17,18). The highest BCUT2D eigenvalue weighted by Gasteiger charge is 2.34. The van der Waals surface area contributed by atoms with E-state index in [0.29, 0.717) is 11.1 Å². The zero-order valence-corrected chi connectivity index (χ0v) is 11.4. The predicted molar refractivity (Wildman–Crippen MR) is 73.5 cm³/mol. The topological polar surface area (TPSA) is 49.3 Å². The summed E-state index contributed by atoms with van der Waals surface area (Å²) < 4.78 is 0. The molecule has 1 aromatic carbocycles. The minimum Gasteiger partial charge on any atom is -0.478 e. The van der Waals surface area contributed by atoms with E-state index in [1.807, 2.05) is 0 Å². The van der Waals surface area contributed by atoms with Gasteiger partial charge < -0.3 is 10.4 Å². The van der Waals surface area contributed by atoms with Gasteiger partial charge in [-0.3, -0.25) is 0 Å². The Labute approximate surface area is 112 Å². The quantitative estimate of drug-likeness (QED) is 0.869. The summed E-state index contributed by atoms with van der Waals surface area (Å²) in [4.78, 5) is 10.8. The van der Waals surface area contributed by atoms with E-state index in [1.165, 1.54) is 18.9 Å². The highest BCUT2D eigenvalue weighted by Crippen LogP contribution is 2.40. The third-order valence-electron chi connectivity index (χ3n) is 3.80. The van der Waals surface area contributed by atoms with Crippen LogP contribution < -0.4 is 5.32 Å². The highest BCUT2D eigenvalue weighted by atomic mass is 35.5. The van der Waals surface area contributed by atoms with Gasteiger partial charge in [-0.1, -0.05) is 31.9 Å². The lowest BCUT2D eigenvalue weighted by Gasteiger charge is -2.29. The first-order chi connectivity index (χ1) is 8.40. The Morgan fingerprint density at radius 1 is 1.50 bits per heavy atom. The molecule has 2 N–H and O–H groups in total. The summed E-state index contributed by atoms with van der Waals surface area (Å²) in [6.45, 7) is 4.49. The van der Waals surface area contributed by atoms with E-state index >= 15 is 0 Å². The van der Waals surface area contributed by atoms with Crippen molar-refractivity contribution < 1.29 is 9.90 Å². The Bertz CT molecular complexity index is 471. The van der Waals surface area contributed by atoms with E-state index < -0.39 is 5.97 Å². The monoisotopic (exact) mass is 267 g/mol. The molecule has 0 amide bonds. The van der Waals surface area contributed by atoms with Crippen LogP contribution in [0.1, 0.15) is 43.5 Å². The third-order valence-corrected chi connectivity index (χ3v) is 4.12. The SMILES string of the molecule is CC1(C)CCCC1Nc1ccc(C(=O)O)cc1Cl. The molecule has 18 heavy (non-hydrogen) atoms. The van der Waals surface area contributed by atoms with Crippen molar-refractivity contribution in [3.63, 3.8) is 0 Å². The maximum Gasteiger partial charge on any atom is 0.335 e. The molecular weight excluding hydrogens is 250 g/mol. The third kappa shape index (κ3) is 2.61. The molecule has 1 unspecified atom stereocenters. The zero-order chi connectivity index (χ0) is 13.3. The number of halogens is 1.